The Morgan fingerprint density at radius 2 is 0.544 bits per heavy atom. The summed E-state index contributed by atoms with van der Waals surface area (Å²) in [5, 5.41) is 22.9. The average molecular weight is 1510 g/mol. The van der Waals surface area contributed by atoms with Crippen LogP contribution in [0.1, 0.15) is 295 Å². The number of aromatic hydroxyl groups is 2. The molecule has 584 valence electrons. The van der Waals surface area contributed by atoms with Crippen LogP contribution >= 0.6 is 0 Å². The molecule has 10 atom stereocenters. The van der Waals surface area contributed by atoms with E-state index in [0.717, 1.165) is 147 Å². The molecular weight excluding hydrogens is 1390 g/mol. The van der Waals surface area contributed by atoms with Gasteiger partial charge in [-0.05, 0) is 230 Å². The number of nitrogens with zero attached hydrogens (tertiary/aromatic N) is 6. The highest BCUT2D eigenvalue weighted by atomic mass is 16.3. The number of aromatic amines is 2. The van der Waals surface area contributed by atoms with Crippen molar-refractivity contribution in [2.45, 2.75) is 260 Å². The number of benzene rings is 6. The maximum absolute atomic E-state index is 11.5. The number of hydrogen-bond acceptors (Lipinski definition) is 8. The molecule has 0 saturated heterocycles. The number of aromatic nitrogens is 8. The molecule has 4 fully saturated rings. The van der Waals surface area contributed by atoms with Crippen LogP contribution in [0.2, 0.25) is 0 Å². The van der Waals surface area contributed by atoms with Crippen molar-refractivity contribution in [2.24, 2.45) is 34.5 Å². The highest BCUT2D eigenvalue weighted by molar-refractivity contribution is 6.06. The zero-order valence-electron chi connectivity index (χ0n) is 72.3. The van der Waals surface area contributed by atoms with E-state index in [0.29, 0.717) is 46.6 Å². The zero-order chi connectivity index (χ0) is 81.0. The van der Waals surface area contributed by atoms with Gasteiger partial charge in [-0.1, -0.05) is 253 Å². The van der Waals surface area contributed by atoms with Crippen LogP contribution in [0.4, 0.5) is 0 Å². The Kier molecular flexibility index (Phi) is 15.4. The molecule has 6 aromatic carbocycles. The quantitative estimate of drug-likeness (QED) is 0.0773. The van der Waals surface area contributed by atoms with Gasteiger partial charge in [0.05, 0.1) is 44.8 Å². The Balaban J connectivity index is 0.944. The summed E-state index contributed by atoms with van der Waals surface area (Å²) in [7, 11) is 0. The smallest absolute Gasteiger partial charge is 0.119 e. The van der Waals surface area contributed by atoms with Gasteiger partial charge in [-0.3, -0.25) is 0 Å². The summed E-state index contributed by atoms with van der Waals surface area (Å²) in [5.74, 6) is 3.65. The fourth-order valence-corrected chi connectivity index (χ4v) is 22.9. The molecule has 114 heavy (non-hydrogen) atoms. The summed E-state index contributed by atoms with van der Waals surface area (Å²) in [5.41, 5.74) is 32.3. The van der Waals surface area contributed by atoms with Crippen molar-refractivity contribution in [2.75, 3.05) is 0 Å². The number of phenolic OH excluding ortho intramolecular Hbond substituents is 2. The minimum absolute atomic E-state index is 0.0833. The molecule has 7 heterocycles. The Morgan fingerprint density at radius 1 is 0.289 bits per heavy atom. The second-order valence-corrected chi connectivity index (χ2v) is 44.5. The predicted octanol–water partition coefficient (Wildman–Crippen LogP) is 26.5. The Hall–Kier alpha value is -9.54. The summed E-state index contributed by atoms with van der Waals surface area (Å²) in [4.78, 5) is 44.7. The van der Waals surface area contributed by atoms with E-state index < -0.39 is 0 Å². The lowest BCUT2D eigenvalue weighted by Gasteiger charge is -2.83. The summed E-state index contributed by atoms with van der Waals surface area (Å²) in [6.07, 6.45) is 6.58. The number of H-pyrrole nitrogens is 2. The van der Waals surface area contributed by atoms with Crippen LogP contribution in [-0.2, 0) is 43.3 Å². The molecule has 6 unspecified atom stereocenters. The Labute approximate surface area is 675 Å². The standard InChI is InChI=1S/C104H116N8O2/c1-95(2,3)55-35-51(36-56(43-55)96(4,5)6)79-67-27-28-68(105-67)80(52-37-57(97(7,8)9)44-58(38-52)98(10,11)12)70-30-32-72(107-70)82(54-41-61(101(19,20)21)46-62(42-54)102(22,23)24)92-94-93(91(112-92)81(71-31-29-69(79)106-71)53-39-59(99(13,14)15)45-60(40-53)100(16,17)18)110-75-49-73-74(50-76(75)111-94)109-90-66-48-65(89(90)108-73)87-88(66)104(26)86-64-47-63(85(86)103(87,104)25)83-77(113)33-34-78(114)84(64)83/h27-46,49-50,63-66,85-88,106-107,113-114H,47-48H2,1-26H3/t63-,64+,65-,66+,85?,86?,87?,88?,103?,104?. The molecule has 2 aliphatic heterocycles. The normalized spacial score (nSPS) is 23.4. The van der Waals surface area contributed by atoms with Gasteiger partial charge in [0.15, 0.2) is 0 Å². The van der Waals surface area contributed by atoms with Crippen LogP contribution in [0.25, 0.3) is 124 Å². The number of fused-ring (bicyclic) bond motifs is 34. The van der Waals surface area contributed by atoms with Gasteiger partial charge >= 0.3 is 0 Å². The summed E-state index contributed by atoms with van der Waals surface area (Å²) < 4.78 is 0. The minimum atomic E-state index is -0.229. The van der Waals surface area contributed by atoms with Crippen LogP contribution in [0.3, 0.4) is 0 Å². The van der Waals surface area contributed by atoms with Crippen molar-refractivity contribution >= 4 is 56.3 Å². The van der Waals surface area contributed by atoms with Crippen LogP contribution in [0.5, 0.6) is 11.5 Å². The van der Waals surface area contributed by atoms with E-state index >= 15 is 0 Å². The Bertz CT molecular complexity index is 5780. The van der Waals surface area contributed by atoms with Crippen molar-refractivity contribution < 1.29 is 10.2 Å². The molecule has 10 heteroatoms. The molecule has 12 bridgehead atoms. The van der Waals surface area contributed by atoms with E-state index in [-0.39, 0.29) is 77.8 Å². The second-order valence-electron chi connectivity index (χ2n) is 44.5. The van der Waals surface area contributed by atoms with E-state index in [2.05, 4.69) is 311 Å². The molecule has 4 saturated carbocycles. The van der Waals surface area contributed by atoms with Gasteiger partial charge in [0.2, 0.25) is 0 Å². The molecule has 6 aliphatic carbocycles. The third-order valence-corrected chi connectivity index (χ3v) is 29.2. The summed E-state index contributed by atoms with van der Waals surface area (Å²) in [6, 6.07) is 46.0. The highest BCUT2D eigenvalue weighted by Crippen LogP contribution is 2.95. The van der Waals surface area contributed by atoms with Crippen LogP contribution in [-0.4, -0.2) is 50.1 Å². The lowest BCUT2D eigenvalue weighted by molar-refractivity contribution is -0.349. The summed E-state index contributed by atoms with van der Waals surface area (Å²) >= 11 is 0. The zero-order valence-corrected chi connectivity index (χ0v) is 72.3. The van der Waals surface area contributed by atoms with Crippen LogP contribution < -0.4 is 0 Å². The van der Waals surface area contributed by atoms with Gasteiger partial charge < -0.3 is 20.2 Å². The first-order chi connectivity index (χ1) is 53.1. The predicted molar refractivity (Wildman–Crippen MR) is 472 cm³/mol. The van der Waals surface area contributed by atoms with Crippen molar-refractivity contribution in [1.29, 1.82) is 0 Å². The van der Waals surface area contributed by atoms with Gasteiger partial charge in [0.25, 0.3) is 0 Å². The van der Waals surface area contributed by atoms with Crippen molar-refractivity contribution in [1.82, 2.24) is 39.9 Å². The largest absolute Gasteiger partial charge is 0.508 e. The lowest BCUT2D eigenvalue weighted by Crippen LogP contribution is -2.79. The minimum Gasteiger partial charge on any atom is -0.508 e. The molecule has 11 aromatic rings. The first kappa shape index (κ1) is 74.6. The van der Waals surface area contributed by atoms with Gasteiger partial charge in [-0.25, -0.2) is 29.9 Å². The first-order valence-corrected chi connectivity index (χ1v) is 42.3. The lowest BCUT2D eigenvalue weighted by atomic mass is 9.20. The van der Waals surface area contributed by atoms with Gasteiger partial charge in [0.1, 0.15) is 34.3 Å². The number of hydrogen-bond donors (Lipinski definition) is 4. The Morgan fingerprint density at radius 3 is 0.833 bits per heavy atom. The highest BCUT2D eigenvalue weighted by Gasteiger charge is 2.89. The van der Waals surface area contributed by atoms with Gasteiger partial charge in [-0.15, -0.1) is 0 Å². The molecule has 10 nitrogen and oxygen atoms in total. The maximum atomic E-state index is 11.5. The molecule has 0 spiro atoms. The van der Waals surface area contributed by atoms with E-state index in [1.54, 1.807) is 12.1 Å². The molecule has 5 aromatic heterocycles. The van der Waals surface area contributed by atoms with Crippen LogP contribution in [0, 0.1) is 34.5 Å². The third kappa shape index (κ3) is 10.9. The monoisotopic (exact) mass is 1510 g/mol. The number of nitrogens with one attached hydrogen (secondary N) is 2. The number of rotatable bonds is 4. The maximum Gasteiger partial charge on any atom is 0.119 e. The van der Waals surface area contributed by atoms with E-state index in [1.165, 1.54) is 44.5 Å². The van der Waals surface area contributed by atoms with Crippen molar-refractivity contribution in [3.63, 3.8) is 0 Å². The van der Waals surface area contributed by atoms with Crippen LogP contribution in [0.15, 0.2) is 121 Å². The fraction of sp³-hybridized carbons (Fsp3) is 0.442. The molecular formula is C104H116N8O2. The van der Waals surface area contributed by atoms with E-state index in [1.807, 2.05) is 0 Å². The third-order valence-electron chi connectivity index (χ3n) is 29.2. The van der Waals surface area contributed by atoms with Crippen molar-refractivity contribution in [3.05, 3.63) is 200 Å². The molecule has 8 aliphatic rings. The molecule has 4 N–H and O–H groups in total. The molecule has 19 rings (SSSR count). The second kappa shape index (κ2) is 23.6. The molecule has 0 amide bonds. The van der Waals surface area contributed by atoms with E-state index in [4.69, 9.17) is 29.9 Å². The topological polar surface area (TPSA) is 149 Å². The average Bonchev–Trinajstić information content (AvgIpc) is 1.37. The van der Waals surface area contributed by atoms with Gasteiger partial charge in [0, 0.05) is 67.3 Å². The first-order valence-electron chi connectivity index (χ1n) is 42.3. The molecule has 0 radical (unpaired) electrons. The number of phenols is 2. The van der Waals surface area contributed by atoms with Crippen molar-refractivity contribution in [3.8, 4) is 78.8 Å². The van der Waals surface area contributed by atoms with E-state index in [9.17, 15) is 10.2 Å². The van der Waals surface area contributed by atoms with Gasteiger partial charge in [-0.2, -0.15) is 0 Å². The summed E-state index contributed by atoms with van der Waals surface area (Å²) in [6.45, 7) is 61.0. The SMILES string of the molecule is CC(C)(C)c1cc(-c2c3nc(c(-c4cc(C(C)(C)C)cc(C(C)(C)C)c4)c4ccc([nH]4)c(-c4cc(C(C)(C)C)cc(C(C)(C)C)c4)c4nc(c(-c5cc(C(C)(C)C)cc(C(C)(C)C)c5)c5ccc2[nH]5)-c2nc5cc6nc7c(nc6cc5nc2-4)[C@@H]2C[C@H]7C4C2C2(C)C5C([C@H]6C[C@@H]5c5c(O)ccc(O)c56)C42C)C=C3)cc(C(C)(C)C)c1. The fourth-order valence-electron chi connectivity index (χ4n) is 22.9.